The highest BCUT2D eigenvalue weighted by Gasteiger charge is 2.49. The molecule has 1 aromatic carbocycles. The highest BCUT2D eigenvalue weighted by atomic mass is 16.5. The molecule has 26 heavy (non-hydrogen) atoms. The third-order valence-electron chi connectivity index (χ3n) is 5.96. The maximum absolute atomic E-state index is 13.1. The number of carboxylic acids is 1. The van der Waals surface area contributed by atoms with Crippen LogP contribution in [0.5, 0.6) is 0 Å². The van der Waals surface area contributed by atoms with Gasteiger partial charge in [0.05, 0.1) is 11.0 Å². The van der Waals surface area contributed by atoms with E-state index in [4.69, 9.17) is 4.74 Å². The minimum atomic E-state index is -0.934. The molecule has 2 aliphatic rings. The van der Waals surface area contributed by atoms with Gasteiger partial charge in [0.2, 0.25) is 0 Å². The van der Waals surface area contributed by atoms with Crippen LogP contribution in [-0.2, 0) is 16.6 Å². The lowest BCUT2D eigenvalue weighted by Crippen LogP contribution is -2.41. The van der Waals surface area contributed by atoms with Crippen LogP contribution in [0.3, 0.4) is 0 Å². The number of carbonyl (C=O) groups excluding carboxylic acids is 1. The van der Waals surface area contributed by atoms with E-state index in [1.54, 1.807) is 12.1 Å². The number of hydrogen-bond acceptors (Lipinski definition) is 4. The summed E-state index contributed by atoms with van der Waals surface area (Å²) in [7, 11) is 1.93. The summed E-state index contributed by atoms with van der Waals surface area (Å²) < 4.78 is 7.40. The van der Waals surface area contributed by atoms with Gasteiger partial charge < -0.3 is 19.3 Å². The summed E-state index contributed by atoms with van der Waals surface area (Å²) in [6.45, 7) is 3.66. The smallest absolute Gasteiger partial charge is 0.326 e. The lowest BCUT2D eigenvalue weighted by molar-refractivity contribution is -0.141. The Bertz CT molecular complexity index is 882. The number of likely N-dealkylation sites (tertiary alicyclic amines) is 1. The van der Waals surface area contributed by atoms with E-state index in [-0.39, 0.29) is 11.3 Å². The first-order chi connectivity index (χ1) is 12.4. The van der Waals surface area contributed by atoms with Crippen molar-refractivity contribution in [2.24, 2.45) is 12.5 Å². The van der Waals surface area contributed by atoms with Crippen LogP contribution in [0.2, 0.25) is 0 Å². The molecule has 2 saturated heterocycles. The van der Waals surface area contributed by atoms with Crippen LogP contribution in [0, 0.1) is 12.3 Å². The quantitative estimate of drug-likeness (QED) is 0.888. The Kier molecular flexibility index (Phi) is 3.99. The molecule has 138 valence electrons. The first kappa shape index (κ1) is 17.0. The minimum Gasteiger partial charge on any atom is -0.480 e. The van der Waals surface area contributed by atoms with Crippen molar-refractivity contribution in [1.82, 2.24) is 14.5 Å². The molecule has 4 rings (SSSR count). The van der Waals surface area contributed by atoms with Gasteiger partial charge in [-0.15, -0.1) is 0 Å². The van der Waals surface area contributed by atoms with E-state index in [2.05, 4.69) is 4.98 Å². The fourth-order valence-electron chi connectivity index (χ4n) is 4.28. The first-order valence-electron chi connectivity index (χ1n) is 8.95. The second-order valence-electron chi connectivity index (χ2n) is 7.53. The number of fused-ring (bicyclic) bond motifs is 1. The summed E-state index contributed by atoms with van der Waals surface area (Å²) in [5.41, 5.74) is 2.06. The van der Waals surface area contributed by atoms with Gasteiger partial charge >= 0.3 is 5.97 Å². The second kappa shape index (κ2) is 6.09. The largest absolute Gasteiger partial charge is 0.480 e. The molecule has 0 aliphatic carbocycles. The van der Waals surface area contributed by atoms with Crippen LogP contribution < -0.4 is 0 Å². The maximum Gasteiger partial charge on any atom is 0.326 e. The SMILES string of the molecule is Cc1nc2cc(C(=O)N3CC4(CCOCC4)CC3C(=O)O)ccc2n1C. The average Bonchev–Trinajstić information content (AvgIpc) is 3.13. The summed E-state index contributed by atoms with van der Waals surface area (Å²) in [5.74, 6) is -0.294. The average molecular weight is 357 g/mol. The molecule has 1 N–H and O–H groups in total. The zero-order valence-corrected chi connectivity index (χ0v) is 15.1. The number of aromatic nitrogens is 2. The summed E-state index contributed by atoms with van der Waals surface area (Å²) >= 11 is 0. The van der Waals surface area contributed by atoms with Gasteiger partial charge in [-0.25, -0.2) is 9.78 Å². The van der Waals surface area contributed by atoms with Crippen LogP contribution in [0.15, 0.2) is 18.2 Å². The minimum absolute atomic E-state index is 0.136. The van der Waals surface area contributed by atoms with Gasteiger partial charge in [0.15, 0.2) is 0 Å². The predicted octanol–water partition coefficient (Wildman–Crippen LogP) is 1.98. The van der Waals surface area contributed by atoms with E-state index in [1.807, 2.05) is 24.6 Å². The summed E-state index contributed by atoms with van der Waals surface area (Å²) in [4.78, 5) is 30.9. The molecule has 1 atom stereocenters. The third-order valence-corrected chi connectivity index (χ3v) is 5.96. The van der Waals surface area contributed by atoms with E-state index < -0.39 is 12.0 Å². The Morgan fingerprint density at radius 3 is 2.73 bits per heavy atom. The molecule has 2 fully saturated rings. The molecular formula is C19H23N3O4. The second-order valence-corrected chi connectivity index (χ2v) is 7.53. The van der Waals surface area contributed by atoms with Crippen molar-refractivity contribution in [3.05, 3.63) is 29.6 Å². The number of imidazole rings is 1. The molecule has 0 radical (unpaired) electrons. The van der Waals surface area contributed by atoms with Crippen molar-refractivity contribution < 1.29 is 19.4 Å². The summed E-state index contributed by atoms with van der Waals surface area (Å²) in [5, 5.41) is 9.66. The van der Waals surface area contributed by atoms with Crippen molar-refractivity contribution in [3.63, 3.8) is 0 Å². The number of carbonyl (C=O) groups is 2. The standard InChI is InChI=1S/C19H23N3O4/c1-12-20-14-9-13(3-4-15(14)21(12)2)17(23)22-11-19(5-7-26-8-6-19)10-16(22)18(24)25/h3-4,9,16H,5-8,10-11H2,1-2H3,(H,24,25). The lowest BCUT2D eigenvalue weighted by atomic mass is 9.78. The summed E-state index contributed by atoms with van der Waals surface area (Å²) in [6, 6.07) is 4.62. The molecule has 0 saturated carbocycles. The molecule has 7 nitrogen and oxygen atoms in total. The molecule has 2 aliphatic heterocycles. The Morgan fingerprint density at radius 1 is 1.31 bits per heavy atom. The van der Waals surface area contributed by atoms with E-state index in [9.17, 15) is 14.7 Å². The van der Waals surface area contributed by atoms with E-state index in [0.29, 0.717) is 31.7 Å². The monoisotopic (exact) mass is 357 g/mol. The van der Waals surface area contributed by atoms with Crippen molar-refractivity contribution >= 4 is 22.9 Å². The topological polar surface area (TPSA) is 84.7 Å². The zero-order chi connectivity index (χ0) is 18.5. The van der Waals surface area contributed by atoms with Crippen LogP contribution in [0.1, 0.15) is 35.4 Å². The van der Waals surface area contributed by atoms with Gasteiger partial charge in [-0.1, -0.05) is 0 Å². The van der Waals surface area contributed by atoms with Crippen LogP contribution in [-0.4, -0.2) is 57.2 Å². The Hall–Kier alpha value is -2.41. The highest BCUT2D eigenvalue weighted by Crippen LogP contribution is 2.43. The van der Waals surface area contributed by atoms with Crippen molar-refractivity contribution in [3.8, 4) is 0 Å². The number of benzene rings is 1. The van der Waals surface area contributed by atoms with Gasteiger partial charge in [0.1, 0.15) is 11.9 Å². The number of hydrogen-bond donors (Lipinski definition) is 1. The zero-order valence-electron chi connectivity index (χ0n) is 15.1. The van der Waals surface area contributed by atoms with Crippen molar-refractivity contribution in [1.29, 1.82) is 0 Å². The number of rotatable bonds is 2. The molecule has 3 heterocycles. The summed E-state index contributed by atoms with van der Waals surface area (Å²) in [6.07, 6.45) is 2.11. The van der Waals surface area contributed by atoms with E-state index in [1.165, 1.54) is 4.90 Å². The predicted molar refractivity (Wildman–Crippen MR) is 95.0 cm³/mol. The van der Waals surface area contributed by atoms with Crippen molar-refractivity contribution in [2.45, 2.75) is 32.2 Å². The number of carboxylic acid groups (broad SMARTS) is 1. The molecule has 1 aromatic heterocycles. The lowest BCUT2D eigenvalue weighted by Gasteiger charge is -2.32. The Labute approximate surface area is 151 Å². The van der Waals surface area contributed by atoms with Crippen LogP contribution >= 0.6 is 0 Å². The maximum atomic E-state index is 13.1. The fraction of sp³-hybridized carbons (Fsp3) is 0.526. The normalized spacial score (nSPS) is 22.2. The van der Waals surface area contributed by atoms with Gasteiger partial charge in [-0.3, -0.25) is 4.79 Å². The molecule has 1 amide bonds. The number of aryl methyl sites for hydroxylation is 2. The van der Waals surface area contributed by atoms with Gasteiger partial charge in [-0.2, -0.15) is 0 Å². The molecular weight excluding hydrogens is 334 g/mol. The van der Waals surface area contributed by atoms with Gasteiger partial charge in [0.25, 0.3) is 5.91 Å². The molecule has 7 heteroatoms. The van der Waals surface area contributed by atoms with Gasteiger partial charge in [0, 0.05) is 32.4 Å². The number of ether oxygens (including phenoxy) is 1. The Morgan fingerprint density at radius 2 is 2.04 bits per heavy atom. The van der Waals surface area contributed by atoms with Crippen LogP contribution in [0.4, 0.5) is 0 Å². The molecule has 0 bridgehead atoms. The number of aliphatic carboxylic acids is 1. The van der Waals surface area contributed by atoms with Crippen LogP contribution in [0.25, 0.3) is 11.0 Å². The van der Waals surface area contributed by atoms with E-state index >= 15 is 0 Å². The molecule has 2 aromatic rings. The number of nitrogens with zero attached hydrogens (tertiary/aromatic N) is 3. The first-order valence-corrected chi connectivity index (χ1v) is 8.95. The molecule has 1 spiro atoms. The molecule has 1 unspecified atom stereocenters. The van der Waals surface area contributed by atoms with Crippen molar-refractivity contribution in [2.75, 3.05) is 19.8 Å². The number of amides is 1. The third kappa shape index (κ3) is 2.67. The van der Waals surface area contributed by atoms with E-state index in [0.717, 1.165) is 29.7 Å². The van der Waals surface area contributed by atoms with Gasteiger partial charge in [-0.05, 0) is 49.8 Å². The highest BCUT2D eigenvalue weighted by molar-refractivity contribution is 5.99. The Balaban J connectivity index is 1.66. The fourth-order valence-corrected chi connectivity index (χ4v) is 4.28.